The number of ether oxygens (including phenoxy) is 1. The zero-order valence-electron chi connectivity index (χ0n) is 13.0. The van der Waals surface area contributed by atoms with Crippen LogP contribution in [-0.4, -0.2) is 40.8 Å². The van der Waals surface area contributed by atoms with Crippen molar-refractivity contribution < 1.29 is 14.3 Å². The Labute approximate surface area is 143 Å². The lowest BCUT2D eigenvalue weighted by Crippen LogP contribution is -2.31. The van der Waals surface area contributed by atoms with Crippen LogP contribution in [0.2, 0.25) is 5.02 Å². The summed E-state index contributed by atoms with van der Waals surface area (Å²) >= 11 is 7.34. The van der Waals surface area contributed by atoms with Crippen molar-refractivity contribution in [3.63, 3.8) is 0 Å². The number of nitrogens with zero attached hydrogens (tertiary/aromatic N) is 2. The van der Waals surface area contributed by atoms with E-state index >= 15 is 0 Å². The molecular formula is C15H18ClN3O3S. The van der Waals surface area contributed by atoms with Gasteiger partial charge in [-0.05, 0) is 24.6 Å². The number of hydrogen-bond acceptors (Lipinski definition) is 5. The Morgan fingerprint density at radius 1 is 1.43 bits per heavy atom. The number of carbonyl (C=O) groups excluding carboxylic acids is 2. The molecule has 0 aliphatic carbocycles. The van der Waals surface area contributed by atoms with Gasteiger partial charge in [0.25, 0.3) is 0 Å². The molecule has 0 fully saturated rings. The number of hydrogen-bond donors (Lipinski definition) is 1. The standard InChI is InChI=1S/C15H18ClN3O3S/c1-3-6-19-12-5-4-10(16)7-11(12)18-15(19)23-9-13(20)17-8-14(21)22-2/h4-5,7H,3,6,8-9H2,1-2H3,(H,17,20). The molecule has 1 N–H and O–H groups in total. The normalized spacial score (nSPS) is 10.7. The maximum absolute atomic E-state index is 11.8. The number of aryl methyl sites for hydroxylation is 1. The van der Waals surface area contributed by atoms with E-state index in [0.717, 1.165) is 29.2 Å². The summed E-state index contributed by atoms with van der Waals surface area (Å²) in [5.74, 6) is -0.539. The molecule has 1 heterocycles. The van der Waals surface area contributed by atoms with Crippen molar-refractivity contribution in [1.29, 1.82) is 0 Å². The van der Waals surface area contributed by atoms with Crippen molar-refractivity contribution in [3.8, 4) is 0 Å². The molecule has 0 unspecified atom stereocenters. The summed E-state index contributed by atoms with van der Waals surface area (Å²) in [5, 5.41) is 3.90. The van der Waals surface area contributed by atoms with Crippen molar-refractivity contribution in [2.75, 3.05) is 19.4 Å². The molecule has 0 spiro atoms. The van der Waals surface area contributed by atoms with Gasteiger partial charge in [0, 0.05) is 11.6 Å². The number of benzene rings is 1. The zero-order chi connectivity index (χ0) is 16.8. The predicted molar refractivity (Wildman–Crippen MR) is 90.8 cm³/mol. The summed E-state index contributed by atoms with van der Waals surface area (Å²) < 4.78 is 6.55. The van der Waals surface area contributed by atoms with Crippen molar-refractivity contribution in [1.82, 2.24) is 14.9 Å². The van der Waals surface area contributed by atoms with Crippen LogP contribution in [0.5, 0.6) is 0 Å². The van der Waals surface area contributed by atoms with Gasteiger partial charge in [-0.25, -0.2) is 4.98 Å². The van der Waals surface area contributed by atoms with E-state index in [4.69, 9.17) is 11.6 Å². The largest absolute Gasteiger partial charge is 0.468 e. The number of thioether (sulfide) groups is 1. The van der Waals surface area contributed by atoms with Crippen LogP contribution in [0.25, 0.3) is 11.0 Å². The minimum atomic E-state index is -0.476. The number of rotatable bonds is 7. The number of nitrogens with one attached hydrogen (secondary N) is 1. The fraction of sp³-hybridized carbons (Fsp3) is 0.400. The molecular weight excluding hydrogens is 338 g/mol. The van der Waals surface area contributed by atoms with Crippen molar-refractivity contribution in [2.24, 2.45) is 0 Å². The lowest BCUT2D eigenvalue weighted by atomic mass is 10.3. The molecule has 8 heteroatoms. The molecule has 6 nitrogen and oxygen atoms in total. The molecule has 2 aromatic rings. The van der Waals surface area contributed by atoms with Crippen LogP contribution in [0, 0.1) is 0 Å². The number of methoxy groups -OCH3 is 1. The first-order chi connectivity index (χ1) is 11.0. The van der Waals surface area contributed by atoms with E-state index in [1.165, 1.54) is 18.9 Å². The highest BCUT2D eigenvalue weighted by atomic mass is 35.5. The predicted octanol–water partition coefficient (Wildman–Crippen LogP) is 2.48. The van der Waals surface area contributed by atoms with Gasteiger partial charge in [0.1, 0.15) is 6.54 Å². The summed E-state index contributed by atoms with van der Waals surface area (Å²) in [6.45, 7) is 2.76. The van der Waals surface area contributed by atoms with E-state index in [1.54, 1.807) is 0 Å². The third-order valence-corrected chi connectivity index (χ3v) is 4.32. The van der Waals surface area contributed by atoms with E-state index in [0.29, 0.717) is 5.02 Å². The average Bonchev–Trinajstić information content (AvgIpc) is 2.87. The number of halogens is 1. The van der Waals surface area contributed by atoms with Gasteiger partial charge in [0.15, 0.2) is 5.16 Å². The van der Waals surface area contributed by atoms with Gasteiger partial charge >= 0.3 is 5.97 Å². The molecule has 1 aromatic heterocycles. The van der Waals surface area contributed by atoms with Crippen LogP contribution >= 0.6 is 23.4 Å². The number of carbonyl (C=O) groups is 2. The third-order valence-electron chi connectivity index (χ3n) is 3.11. The Balaban J connectivity index is 2.08. The van der Waals surface area contributed by atoms with Crippen LogP contribution in [0.4, 0.5) is 0 Å². The van der Waals surface area contributed by atoms with Gasteiger partial charge in [-0.15, -0.1) is 0 Å². The van der Waals surface area contributed by atoms with Crippen LogP contribution in [0.3, 0.4) is 0 Å². The highest BCUT2D eigenvalue weighted by Crippen LogP contribution is 2.26. The first kappa shape index (κ1) is 17.6. The summed E-state index contributed by atoms with van der Waals surface area (Å²) in [4.78, 5) is 27.3. The maximum atomic E-state index is 11.8. The number of aromatic nitrogens is 2. The molecule has 0 radical (unpaired) electrons. The maximum Gasteiger partial charge on any atom is 0.325 e. The molecule has 0 atom stereocenters. The highest BCUT2D eigenvalue weighted by Gasteiger charge is 2.13. The lowest BCUT2D eigenvalue weighted by molar-refractivity contribution is -0.140. The fourth-order valence-electron chi connectivity index (χ4n) is 2.05. The van der Waals surface area contributed by atoms with Gasteiger partial charge in [0.2, 0.25) is 5.91 Å². The average molecular weight is 356 g/mol. The van der Waals surface area contributed by atoms with E-state index < -0.39 is 5.97 Å². The van der Waals surface area contributed by atoms with Crippen LogP contribution in [0.1, 0.15) is 13.3 Å². The van der Waals surface area contributed by atoms with Gasteiger partial charge in [-0.3, -0.25) is 9.59 Å². The molecule has 124 valence electrons. The second kappa shape index (κ2) is 8.21. The van der Waals surface area contributed by atoms with Crippen molar-refractivity contribution >= 4 is 46.3 Å². The SMILES string of the molecule is CCCn1c(SCC(=O)NCC(=O)OC)nc2cc(Cl)ccc21. The molecule has 0 bridgehead atoms. The Hall–Kier alpha value is -1.73. The molecule has 0 aliphatic heterocycles. The summed E-state index contributed by atoms with van der Waals surface area (Å²) in [6, 6.07) is 5.57. The molecule has 0 aliphatic rings. The van der Waals surface area contributed by atoms with E-state index in [9.17, 15) is 9.59 Å². The Morgan fingerprint density at radius 2 is 2.22 bits per heavy atom. The van der Waals surface area contributed by atoms with Gasteiger partial charge in [0.05, 0.1) is 23.9 Å². The van der Waals surface area contributed by atoms with Gasteiger partial charge < -0.3 is 14.6 Å². The quantitative estimate of drug-likeness (QED) is 0.610. The molecule has 2 rings (SSSR count). The summed E-state index contributed by atoms with van der Waals surface area (Å²) in [5.41, 5.74) is 1.80. The van der Waals surface area contributed by atoms with E-state index in [-0.39, 0.29) is 18.2 Å². The minimum Gasteiger partial charge on any atom is -0.468 e. The number of amides is 1. The third kappa shape index (κ3) is 4.62. The number of esters is 1. The number of fused-ring (bicyclic) bond motifs is 1. The minimum absolute atomic E-state index is 0.128. The zero-order valence-corrected chi connectivity index (χ0v) is 14.5. The number of imidazole rings is 1. The fourth-order valence-corrected chi connectivity index (χ4v) is 3.09. The summed E-state index contributed by atoms with van der Waals surface area (Å²) in [7, 11) is 1.28. The monoisotopic (exact) mass is 355 g/mol. The van der Waals surface area contributed by atoms with Gasteiger partial charge in [-0.1, -0.05) is 30.3 Å². The molecule has 23 heavy (non-hydrogen) atoms. The topological polar surface area (TPSA) is 73.2 Å². The molecule has 0 saturated carbocycles. The Morgan fingerprint density at radius 3 is 2.91 bits per heavy atom. The van der Waals surface area contributed by atoms with Crippen molar-refractivity contribution in [3.05, 3.63) is 23.2 Å². The molecule has 1 amide bonds. The Bertz CT molecular complexity index is 717. The summed E-state index contributed by atoms with van der Waals surface area (Å²) in [6.07, 6.45) is 0.955. The lowest BCUT2D eigenvalue weighted by Gasteiger charge is -2.07. The first-order valence-electron chi connectivity index (χ1n) is 7.17. The van der Waals surface area contributed by atoms with E-state index in [1.807, 2.05) is 18.2 Å². The smallest absolute Gasteiger partial charge is 0.325 e. The molecule has 0 saturated heterocycles. The van der Waals surface area contributed by atoms with E-state index in [2.05, 4.69) is 26.5 Å². The van der Waals surface area contributed by atoms with Crippen LogP contribution in [0.15, 0.2) is 23.4 Å². The van der Waals surface area contributed by atoms with Gasteiger partial charge in [-0.2, -0.15) is 0 Å². The van der Waals surface area contributed by atoms with Crippen LogP contribution < -0.4 is 5.32 Å². The van der Waals surface area contributed by atoms with Crippen molar-refractivity contribution in [2.45, 2.75) is 25.0 Å². The first-order valence-corrected chi connectivity index (χ1v) is 8.53. The second-order valence-corrected chi connectivity index (χ2v) is 6.20. The highest BCUT2D eigenvalue weighted by molar-refractivity contribution is 7.99. The molecule has 1 aromatic carbocycles. The second-order valence-electron chi connectivity index (χ2n) is 4.82. The Kier molecular flexibility index (Phi) is 6.29. The van der Waals surface area contributed by atoms with Crippen LogP contribution in [-0.2, 0) is 20.9 Å².